The van der Waals surface area contributed by atoms with E-state index in [-0.39, 0.29) is 30.0 Å². The molecule has 3 rings (SSSR count). The van der Waals surface area contributed by atoms with Crippen LogP contribution in [0.2, 0.25) is 0 Å². The summed E-state index contributed by atoms with van der Waals surface area (Å²) in [6.07, 6.45) is 1.09. The monoisotopic (exact) mass is 413 g/mol. The standard InChI is InChI=1S/C22H27N3O5/c1-3-16(4-2)23-22(26)21-15-24(17-9-5-8-12-20(17)30-21)13-14-29-19-11-7-6-10-18(19)25(27)28/h5-12,16,21H,3-4,13-15H2,1-2H3,(H,23,26). The number of carbonyl (C=O) groups excluding carboxylic acids is 1. The first kappa shape index (κ1) is 21.4. The van der Waals surface area contributed by atoms with Crippen molar-refractivity contribution in [1.29, 1.82) is 0 Å². The van der Waals surface area contributed by atoms with E-state index in [1.165, 1.54) is 6.07 Å². The number of nitro benzene ring substituents is 1. The minimum atomic E-state index is -0.633. The van der Waals surface area contributed by atoms with Crippen molar-refractivity contribution in [2.45, 2.75) is 38.8 Å². The zero-order chi connectivity index (χ0) is 21.5. The summed E-state index contributed by atoms with van der Waals surface area (Å²) >= 11 is 0. The topological polar surface area (TPSA) is 93.9 Å². The first-order valence-electron chi connectivity index (χ1n) is 10.2. The summed E-state index contributed by atoms with van der Waals surface area (Å²) in [5, 5.41) is 14.2. The Kier molecular flexibility index (Phi) is 7.11. The first-order valence-corrected chi connectivity index (χ1v) is 10.2. The Balaban J connectivity index is 1.69. The fraction of sp³-hybridized carbons (Fsp3) is 0.409. The third-order valence-electron chi connectivity index (χ3n) is 5.17. The average Bonchev–Trinajstić information content (AvgIpc) is 2.77. The van der Waals surface area contributed by atoms with Crippen molar-refractivity contribution < 1.29 is 19.2 Å². The van der Waals surface area contributed by atoms with E-state index in [2.05, 4.69) is 5.32 Å². The normalized spacial score (nSPS) is 15.3. The van der Waals surface area contributed by atoms with Crippen LogP contribution in [0.4, 0.5) is 11.4 Å². The number of ether oxygens (including phenoxy) is 2. The van der Waals surface area contributed by atoms with Crippen molar-refractivity contribution in [1.82, 2.24) is 5.32 Å². The SMILES string of the molecule is CCC(CC)NC(=O)C1CN(CCOc2ccccc2[N+](=O)[O-])c2ccccc2O1. The molecule has 30 heavy (non-hydrogen) atoms. The second kappa shape index (κ2) is 9.96. The van der Waals surface area contributed by atoms with E-state index in [1.54, 1.807) is 18.2 Å². The smallest absolute Gasteiger partial charge is 0.310 e. The number of amides is 1. The number of nitrogens with one attached hydrogen (secondary N) is 1. The lowest BCUT2D eigenvalue weighted by molar-refractivity contribution is -0.385. The van der Waals surface area contributed by atoms with Crippen LogP contribution in [0.5, 0.6) is 11.5 Å². The number of nitrogens with zero attached hydrogens (tertiary/aromatic N) is 2. The summed E-state index contributed by atoms with van der Waals surface area (Å²) < 4.78 is 11.6. The molecule has 1 aliphatic rings. The lowest BCUT2D eigenvalue weighted by Crippen LogP contribution is -2.51. The van der Waals surface area contributed by atoms with Crippen LogP contribution >= 0.6 is 0 Å². The van der Waals surface area contributed by atoms with Crippen molar-refractivity contribution in [3.8, 4) is 11.5 Å². The van der Waals surface area contributed by atoms with Gasteiger partial charge in [-0.05, 0) is 31.0 Å². The van der Waals surface area contributed by atoms with Gasteiger partial charge >= 0.3 is 5.69 Å². The quantitative estimate of drug-likeness (QED) is 0.499. The van der Waals surface area contributed by atoms with Gasteiger partial charge in [-0.1, -0.05) is 38.1 Å². The Labute approximate surface area is 175 Å². The second-order valence-corrected chi connectivity index (χ2v) is 7.12. The van der Waals surface area contributed by atoms with Crippen molar-refractivity contribution in [2.75, 3.05) is 24.6 Å². The fourth-order valence-electron chi connectivity index (χ4n) is 3.44. The molecule has 8 nitrogen and oxygen atoms in total. The second-order valence-electron chi connectivity index (χ2n) is 7.12. The number of para-hydroxylation sites is 4. The molecule has 1 amide bonds. The molecule has 0 aromatic heterocycles. The van der Waals surface area contributed by atoms with E-state index >= 15 is 0 Å². The van der Waals surface area contributed by atoms with Crippen LogP contribution in [0.25, 0.3) is 0 Å². The molecule has 0 fully saturated rings. The van der Waals surface area contributed by atoms with Crippen molar-refractivity contribution in [3.63, 3.8) is 0 Å². The van der Waals surface area contributed by atoms with Crippen LogP contribution in [0.3, 0.4) is 0 Å². The Hall–Kier alpha value is -3.29. The van der Waals surface area contributed by atoms with Gasteiger partial charge in [-0.25, -0.2) is 0 Å². The number of anilines is 1. The molecule has 1 heterocycles. The van der Waals surface area contributed by atoms with Gasteiger partial charge in [0.25, 0.3) is 5.91 Å². The molecule has 1 atom stereocenters. The van der Waals surface area contributed by atoms with Gasteiger partial charge in [0.1, 0.15) is 12.4 Å². The molecule has 1 unspecified atom stereocenters. The van der Waals surface area contributed by atoms with E-state index in [4.69, 9.17) is 9.47 Å². The lowest BCUT2D eigenvalue weighted by atomic mass is 10.1. The van der Waals surface area contributed by atoms with Gasteiger partial charge < -0.3 is 19.7 Å². The Morgan fingerprint density at radius 3 is 2.67 bits per heavy atom. The molecule has 0 radical (unpaired) electrons. The molecule has 0 saturated carbocycles. The van der Waals surface area contributed by atoms with E-state index in [0.717, 1.165) is 18.5 Å². The molecule has 0 bridgehead atoms. The van der Waals surface area contributed by atoms with E-state index in [9.17, 15) is 14.9 Å². The minimum absolute atomic E-state index is 0.0673. The van der Waals surface area contributed by atoms with Crippen molar-refractivity contribution in [2.24, 2.45) is 0 Å². The van der Waals surface area contributed by atoms with E-state index in [0.29, 0.717) is 18.8 Å². The molecule has 2 aromatic carbocycles. The van der Waals surface area contributed by atoms with Crippen LogP contribution < -0.4 is 19.7 Å². The highest BCUT2D eigenvalue weighted by molar-refractivity contribution is 5.83. The predicted molar refractivity (Wildman–Crippen MR) is 114 cm³/mol. The molecule has 0 saturated heterocycles. The number of carbonyl (C=O) groups is 1. The maximum Gasteiger partial charge on any atom is 0.310 e. The number of fused-ring (bicyclic) bond motifs is 1. The summed E-state index contributed by atoms with van der Waals surface area (Å²) in [6, 6.07) is 13.9. The third kappa shape index (κ3) is 5.00. The van der Waals surface area contributed by atoms with Gasteiger partial charge in [-0.3, -0.25) is 14.9 Å². The molecule has 1 aliphatic heterocycles. The van der Waals surface area contributed by atoms with Gasteiger partial charge in [0.05, 0.1) is 23.7 Å². The molecule has 160 valence electrons. The fourth-order valence-corrected chi connectivity index (χ4v) is 3.44. The predicted octanol–water partition coefficient (Wildman–Crippen LogP) is 3.55. The third-order valence-corrected chi connectivity index (χ3v) is 5.17. The van der Waals surface area contributed by atoms with Crippen molar-refractivity contribution >= 4 is 17.3 Å². The number of hydrogen-bond donors (Lipinski definition) is 1. The number of nitro groups is 1. The molecule has 0 spiro atoms. The minimum Gasteiger partial charge on any atom is -0.485 e. The molecule has 2 aromatic rings. The van der Waals surface area contributed by atoms with Crippen molar-refractivity contribution in [3.05, 3.63) is 58.6 Å². The van der Waals surface area contributed by atoms with Crippen LogP contribution in [0.15, 0.2) is 48.5 Å². The summed E-state index contributed by atoms with van der Waals surface area (Å²) in [4.78, 5) is 25.4. The summed E-state index contributed by atoms with van der Waals surface area (Å²) in [6.45, 7) is 5.15. The zero-order valence-electron chi connectivity index (χ0n) is 17.2. The van der Waals surface area contributed by atoms with Crippen LogP contribution in [0.1, 0.15) is 26.7 Å². The molecule has 1 N–H and O–H groups in total. The maximum absolute atomic E-state index is 12.7. The number of hydrogen-bond acceptors (Lipinski definition) is 6. The van der Waals surface area contributed by atoms with Crippen LogP contribution in [0, 0.1) is 10.1 Å². The highest BCUT2D eigenvalue weighted by Crippen LogP contribution is 2.33. The zero-order valence-corrected chi connectivity index (χ0v) is 17.2. The average molecular weight is 413 g/mol. The maximum atomic E-state index is 12.7. The van der Waals surface area contributed by atoms with Gasteiger partial charge in [-0.15, -0.1) is 0 Å². The van der Waals surface area contributed by atoms with Crippen LogP contribution in [-0.4, -0.2) is 42.7 Å². The van der Waals surface area contributed by atoms with Gasteiger partial charge in [0, 0.05) is 12.1 Å². The Morgan fingerprint density at radius 1 is 1.23 bits per heavy atom. The Morgan fingerprint density at radius 2 is 1.93 bits per heavy atom. The lowest BCUT2D eigenvalue weighted by Gasteiger charge is -2.36. The molecule has 0 aliphatic carbocycles. The summed E-state index contributed by atoms with van der Waals surface area (Å²) in [7, 11) is 0. The molecular formula is C22H27N3O5. The summed E-state index contributed by atoms with van der Waals surface area (Å²) in [5.74, 6) is 0.731. The first-order chi connectivity index (χ1) is 14.5. The van der Waals surface area contributed by atoms with E-state index in [1.807, 2.05) is 43.0 Å². The Bertz CT molecular complexity index is 885. The number of rotatable bonds is 9. The van der Waals surface area contributed by atoms with Gasteiger partial charge in [-0.2, -0.15) is 0 Å². The largest absolute Gasteiger partial charge is 0.485 e. The molecule has 8 heteroatoms. The number of benzene rings is 2. The van der Waals surface area contributed by atoms with Crippen LogP contribution in [-0.2, 0) is 4.79 Å². The highest BCUT2D eigenvalue weighted by Gasteiger charge is 2.31. The summed E-state index contributed by atoms with van der Waals surface area (Å²) in [5.41, 5.74) is 0.803. The highest BCUT2D eigenvalue weighted by atomic mass is 16.6. The van der Waals surface area contributed by atoms with Gasteiger partial charge in [0.2, 0.25) is 0 Å². The van der Waals surface area contributed by atoms with Gasteiger partial charge in [0.15, 0.2) is 11.9 Å². The van der Waals surface area contributed by atoms with E-state index < -0.39 is 11.0 Å². The molecular weight excluding hydrogens is 386 g/mol.